The van der Waals surface area contributed by atoms with Gasteiger partial charge in [0.1, 0.15) is 17.5 Å². The van der Waals surface area contributed by atoms with E-state index in [1.54, 1.807) is 24.3 Å². The lowest BCUT2D eigenvalue weighted by molar-refractivity contribution is -0.120. The van der Waals surface area contributed by atoms with E-state index in [9.17, 15) is 28.3 Å². The quantitative estimate of drug-likeness (QED) is 0.162. The molecule has 0 aliphatic carbocycles. The lowest BCUT2D eigenvalue weighted by Crippen LogP contribution is -2.28. The minimum Gasteiger partial charge on any atom is -0.478 e. The monoisotopic (exact) mass is 618 g/mol. The summed E-state index contributed by atoms with van der Waals surface area (Å²) >= 11 is 6.22. The average molecular weight is 619 g/mol. The third-order valence-corrected chi connectivity index (χ3v) is 7.61. The van der Waals surface area contributed by atoms with Crippen molar-refractivity contribution in [1.29, 1.82) is 0 Å². The van der Waals surface area contributed by atoms with Crippen molar-refractivity contribution in [3.05, 3.63) is 113 Å². The highest BCUT2D eigenvalue weighted by atomic mass is 35.5. The van der Waals surface area contributed by atoms with Crippen molar-refractivity contribution in [2.24, 2.45) is 11.7 Å². The molecule has 0 fully saturated rings. The maximum absolute atomic E-state index is 14.3. The van der Waals surface area contributed by atoms with E-state index in [4.69, 9.17) is 22.1 Å². The van der Waals surface area contributed by atoms with Crippen molar-refractivity contribution < 1.29 is 33.0 Å². The summed E-state index contributed by atoms with van der Waals surface area (Å²) in [5, 5.41) is 14.1. The van der Waals surface area contributed by atoms with Gasteiger partial charge in [0.05, 0.1) is 28.8 Å². The summed E-state index contributed by atoms with van der Waals surface area (Å²) in [4.78, 5) is 45.5. The number of fused-ring (bicyclic) bond motifs is 2. The van der Waals surface area contributed by atoms with Crippen LogP contribution in [0.1, 0.15) is 34.0 Å². The molecule has 3 aromatic carbocycles. The number of nitrogens with one attached hydrogen (secondary N) is 1. The molecular weight excluding hydrogens is 594 g/mol. The number of pyridine rings is 2. The third-order valence-electron chi connectivity index (χ3n) is 7.19. The van der Waals surface area contributed by atoms with Crippen molar-refractivity contribution >= 4 is 56.9 Å². The number of ether oxygens (including phenoxy) is 1. The highest BCUT2D eigenvalue weighted by Crippen LogP contribution is 2.32. The largest absolute Gasteiger partial charge is 0.478 e. The molecule has 2 atom stereocenters. The number of carbonyl (C=O) groups is 3. The van der Waals surface area contributed by atoms with Crippen LogP contribution in [-0.4, -0.2) is 39.7 Å². The Balaban J connectivity index is 1.40. The second-order valence-corrected chi connectivity index (χ2v) is 10.6. The number of nitrogens with two attached hydrogens (primary N) is 1. The number of carboxylic acids is 1. The first-order chi connectivity index (χ1) is 21.1. The van der Waals surface area contributed by atoms with E-state index >= 15 is 0 Å². The van der Waals surface area contributed by atoms with Gasteiger partial charge in [-0.25, -0.2) is 23.4 Å². The Kier molecular flexibility index (Phi) is 8.96. The molecule has 0 bridgehead atoms. The molecule has 2 aromatic heterocycles. The molecule has 1 unspecified atom stereocenters. The lowest BCUT2D eigenvalue weighted by Gasteiger charge is -2.23. The minimum absolute atomic E-state index is 0.0375. The third kappa shape index (κ3) is 6.90. The number of primary amides is 1. The second-order valence-electron chi connectivity index (χ2n) is 10.2. The second kappa shape index (κ2) is 13.0. The molecule has 0 aliphatic heterocycles. The zero-order valence-electron chi connectivity index (χ0n) is 23.0. The molecule has 0 saturated heterocycles. The highest BCUT2D eigenvalue weighted by molar-refractivity contribution is 6.31. The van der Waals surface area contributed by atoms with Crippen LogP contribution in [0.5, 0.6) is 0 Å². The van der Waals surface area contributed by atoms with Gasteiger partial charge in [-0.05, 0) is 83.6 Å². The van der Waals surface area contributed by atoms with Crippen LogP contribution in [0.15, 0.2) is 79.1 Å². The van der Waals surface area contributed by atoms with Gasteiger partial charge in [0.15, 0.2) is 0 Å². The van der Waals surface area contributed by atoms with E-state index < -0.39 is 41.4 Å². The molecule has 5 rings (SSSR count). The molecule has 2 heterocycles. The van der Waals surface area contributed by atoms with E-state index in [1.165, 1.54) is 54.9 Å². The predicted octanol–water partition coefficient (Wildman–Crippen LogP) is 6.48. The molecule has 0 spiro atoms. The molecule has 0 radical (unpaired) electrons. The Morgan fingerprint density at radius 2 is 1.80 bits per heavy atom. The Morgan fingerprint density at radius 3 is 2.57 bits per heavy atom. The van der Waals surface area contributed by atoms with Crippen LogP contribution >= 0.6 is 11.6 Å². The molecule has 0 saturated carbocycles. The molecule has 224 valence electrons. The molecular formula is C32H25ClF2N4O5. The van der Waals surface area contributed by atoms with Crippen LogP contribution < -0.4 is 11.1 Å². The SMILES string of the molecule is NC(=O)C(C[C@H](COC(=O)Nc1cc2cc(F)ccc2cn1)Cc1cccc(F)c1Cl)c1nccc2cc(C(=O)O)ccc12. The zero-order valence-corrected chi connectivity index (χ0v) is 23.7. The Morgan fingerprint density at radius 1 is 0.977 bits per heavy atom. The number of hydrogen-bond donors (Lipinski definition) is 3. The van der Waals surface area contributed by atoms with Crippen LogP contribution in [0.3, 0.4) is 0 Å². The fourth-order valence-corrected chi connectivity index (χ4v) is 5.25. The summed E-state index contributed by atoms with van der Waals surface area (Å²) in [5.74, 6) is -4.32. The number of rotatable bonds is 10. The number of nitrogens with zero attached hydrogens (tertiary/aromatic N) is 2. The van der Waals surface area contributed by atoms with Gasteiger partial charge in [-0.3, -0.25) is 15.1 Å². The molecule has 12 heteroatoms. The van der Waals surface area contributed by atoms with E-state index in [0.717, 1.165) is 0 Å². The van der Waals surface area contributed by atoms with Crippen LogP contribution in [0.2, 0.25) is 5.02 Å². The van der Waals surface area contributed by atoms with Crippen LogP contribution in [-0.2, 0) is 16.0 Å². The first-order valence-electron chi connectivity index (χ1n) is 13.4. The number of hydrogen-bond acceptors (Lipinski definition) is 6. The van der Waals surface area contributed by atoms with Gasteiger partial charge >= 0.3 is 12.1 Å². The number of halogens is 3. The Bertz CT molecular complexity index is 1900. The molecule has 44 heavy (non-hydrogen) atoms. The summed E-state index contributed by atoms with van der Waals surface area (Å²) in [6.07, 6.45) is 2.23. The number of aromatic nitrogens is 2. The zero-order chi connectivity index (χ0) is 31.4. The number of amides is 2. The maximum atomic E-state index is 14.3. The van der Waals surface area contributed by atoms with E-state index in [0.29, 0.717) is 32.8 Å². The normalized spacial score (nSPS) is 12.5. The summed E-state index contributed by atoms with van der Waals surface area (Å²) in [7, 11) is 0. The number of aromatic carboxylic acids is 1. The maximum Gasteiger partial charge on any atom is 0.412 e. The van der Waals surface area contributed by atoms with Gasteiger partial charge < -0.3 is 15.6 Å². The lowest BCUT2D eigenvalue weighted by atomic mass is 9.86. The van der Waals surface area contributed by atoms with Gasteiger partial charge in [0.2, 0.25) is 5.91 Å². The fourth-order valence-electron chi connectivity index (χ4n) is 5.05. The van der Waals surface area contributed by atoms with Crippen LogP contribution in [0.25, 0.3) is 21.5 Å². The van der Waals surface area contributed by atoms with E-state index in [2.05, 4.69) is 15.3 Å². The number of anilines is 1. The van der Waals surface area contributed by atoms with Crippen LogP contribution in [0, 0.1) is 17.6 Å². The summed E-state index contributed by atoms with van der Waals surface area (Å²) in [6.45, 7) is -0.224. The van der Waals surface area contributed by atoms with Crippen LogP contribution in [0.4, 0.5) is 19.4 Å². The molecule has 9 nitrogen and oxygen atoms in total. The van der Waals surface area contributed by atoms with Gasteiger partial charge in [-0.15, -0.1) is 0 Å². The summed E-state index contributed by atoms with van der Waals surface area (Å²) in [5.41, 5.74) is 6.65. The highest BCUT2D eigenvalue weighted by Gasteiger charge is 2.28. The number of benzene rings is 3. The van der Waals surface area contributed by atoms with Gasteiger partial charge in [0.25, 0.3) is 0 Å². The predicted molar refractivity (Wildman–Crippen MR) is 161 cm³/mol. The summed E-state index contributed by atoms with van der Waals surface area (Å²) < 4.78 is 33.4. The van der Waals surface area contributed by atoms with E-state index in [1.807, 2.05) is 0 Å². The smallest absolute Gasteiger partial charge is 0.412 e. The molecule has 4 N–H and O–H groups in total. The average Bonchev–Trinajstić information content (AvgIpc) is 2.99. The standard InChI is InChI=1S/C32H25ClF2N4O5/c33-28-19(2-1-3-26(28)35)10-17(16-44-32(43)39-27-14-22-13-23(34)6-4-21(22)15-38-27)11-25(30(36)40)29-24-7-5-20(31(41)42)12-18(24)8-9-37-29/h1-9,12-15,17,25H,10-11,16H2,(H2,36,40)(H,41,42)(H,38,39,43)/t17-,25?/m1/s1. The molecule has 0 aliphatic rings. The first kappa shape index (κ1) is 30.3. The summed E-state index contributed by atoms with van der Waals surface area (Å²) in [6, 6.07) is 16.0. The van der Waals surface area contributed by atoms with Gasteiger partial charge in [0, 0.05) is 23.2 Å². The number of carboxylic acid groups (broad SMARTS) is 1. The van der Waals surface area contributed by atoms with Crippen molar-refractivity contribution in [3.8, 4) is 0 Å². The van der Waals surface area contributed by atoms with Gasteiger partial charge in [-0.2, -0.15) is 0 Å². The topological polar surface area (TPSA) is 144 Å². The van der Waals surface area contributed by atoms with Crippen molar-refractivity contribution in [2.45, 2.75) is 18.8 Å². The van der Waals surface area contributed by atoms with Crippen molar-refractivity contribution in [1.82, 2.24) is 9.97 Å². The minimum atomic E-state index is -1.11. The van der Waals surface area contributed by atoms with Gasteiger partial charge in [-0.1, -0.05) is 29.8 Å². The Labute approximate surface area is 254 Å². The molecule has 5 aromatic rings. The van der Waals surface area contributed by atoms with E-state index in [-0.39, 0.29) is 35.9 Å². The van der Waals surface area contributed by atoms with Crippen molar-refractivity contribution in [2.75, 3.05) is 11.9 Å². The molecule has 2 amide bonds. The first-order valence-corrected chi connectivity index (χ1v) is 13.8. The van der Waals surface area contributed by atoms with Crippen molar-refractivity contribution in [3.63, 3.8) is 0 Å². The number of carbonyl (C=O) groups excluding carboxylic acids is 2. The fraction of sp³-hybridized carbons (Fsp3) is 0.156. The Hall–Kier alpha value is -5.16.